The second-order valence-corrected chi connectivity index (χ2v) is 14.0. The quantitative estimate of drug-likeness (QED) is 0.171. The molecule has 0 saturated carbocycles. The Labute approximate surface area is 304 Å². The number of fused-ring (bicyclic) bond motifs is 6. The Balaban J connectivity index is 1.22. The molecule has 4 aromatic heterocycles. The fourth-order valence-electron chi connectivity index (χ4n) is 8.96. The summed E-state index contributed by atoms with van der Waals surface area (Å²) in [6.45, 7) is 0. The van der Waals surface area contributed by atoms with E-state index in [0.29, 0.717) is 0 Å². The van der Waals surface area contributed by atoms with Crippen LogP contribution in [-0.4, -0.2) is 18.7 Å². The molecule has 246 valence electrons. The zero-order chi connectivity index (χ0) is 34.6. The van der Waals surface area contributed by atoms with Crippen LogP contribution in [0.15, 0.2) is 182 Å². The molecule has 4 heterocycles. The highest BCUT2D eigenvalue weighted by Gasteiger charge is 2.22. The molecule has 0 aliphatic heterocycles. The van der Waals surface area contributed by atoms with E-state index < -0.39 is 0 Å². The van der Waals surface area contributed by atoms with Gasteiger partial charge < -0.3 is 9.13 Å². The lowest BCUT2D eigenvalue weighted by Gasteiger charge is -2.13. The molecule has 0 saturated heterocycles. The van der Waals surface area contributed by atoms with E-state index in [2.05, 4.69) is 196 Å². The van der Waals surface area contributed by atoms with Gasteiger partial charge in [0.2, 0.25) is 0 Å². The molecule has 0 bridgehead atoms. The van der Waals surface area contributed by atoms with Crippen LogP contribution in [0.2, 0.25) is 0 Å². The molecule has 0 N–H and O–H groups in total. The minimum absolute atomic E-state index is 0.892. The second-order valence-electron chi connectivity index (χ2n) is 14.0. The van der Waals surface area contributed by atoms with Crippen LogP contribution in [0.5, 0.6) is 0 Å². The molecular formula is C49H30N4. The zero-order valence-corrected chi connectivity index (χ0v) is 28.6. The molecule has 0 fully saturated rings. The van der Waals surface area contributed by atoms with Crippen molar-refractivity contribution in [2.75, 3.05) is 0 Å². The third-order valence-corrected chi connectivity index (χ3v) is 11.1. The lowest BCUT2D eigenvalue weighted by Crippen LogP contribution is -2.01. The van der Waals surface area contributed by atoms with Crippen molar-refractivity contribution in [1.82, 2.24) is 18.7 Å². The van der Waals surface area contributed by atoms with Crippen LogP contribution >= 0.6 is 0 Å². The summed E-state index contributed by atoms with van der Waals surface area (Å²) in [6.07, 6.45) is 0. The molecule has 0 unspecified atom stereocenters. The zero-order valence-electron chi connectivity index (χ0n) is 28.6. The van der Waals surface area contributed by atoms with Crippen molar-refractivity contribution in [3.63, 3.8) is 0 Å². The van der Waals surface area contributed by atoms with Gasteiger partial charge in [-0.25, -0.2) is 4.98 Å². The van der Waals surface area contributed by atoms with Gasteiger partial charge in [-0.1, -0.05) is 121 Å². The number of benzene rings is 8. The normalized spacial score (nSPS) is 12.2. The number of rotatable bonds is 4. The lowest BCUT2D eigenvalue weighted by molar-refractivity contribution is 1.08. The van der Waals surface area contributed by atoms with Gasteiger partial charge in [-0.3, -0.25) is 4.57 Å². The first kappa shape index (κ1) is 28.5. The van der Waals surface area contributed by atoms with Gasteiger partial charge in [-0.05, 0) is 71.4 Å². The summed E-state index contributed by atoms with van der Waals surface area (Å²) in [6, 6.07) is 65.9. The maximum Gasteiger partial charge on any atom is 0.138 e. The lowest BCUT2D eigenvalue weighted by atomic mass is 10.0. The Morgan fingerprint density at radius 2 is 0.755 bits per heavy atom. The molecule has 0 aliphatic carbocycles. The third kappa shape index (κ3) is 3.98. The van der Waals surface area contributed by atoms with Crippen molar-refractivity contribution >= 4 is 76.2 Å². The molecule has 12 aromatic rings. The molecule has 4 heteroatoms. The minimum atomic E-state index is 0.892. The Bertz CT molecular complexity index is 3100. The Hall–Kier alpha value is -7.17. The summed E-state index contributed by atoms with van der Waals surface area (Å²) >= 11 is 0. The van der Waals surface area contributed by atoms with Crippen molar-refractivity contribution in [2.45, 2.75) is 0 Å². The van der Waals surface area contributed by atoms with Crippen LogP contribution in [0.25, 0.3) is 105 Å². The molecule has 4 nitrogen and oxygen atoms in total. The van der Waals surface area contributed by atoms with E-state index in [4.69, 9.17) is 4.98 Å². The minimum Gasteiger partial charge on any atom is -0.309 e. The number of pyridine rings is 1. The summed E-state index contributed by atoms with van der Waals surface area (Å²) in [5, 5.41) is 9.93. The van der Waals surface area contributed by atoms with E-state index in [1.165, 1.54) is 65.2 Å². The van der Waals surface area contributed by atoms with Crippen LogP contribution in [0.3, 0.4) is 0 Å². The highest BCUT2D eigenvalue weighted by Crippen LogP contribution is 2.43. The van der Waals surface area contributed by atoms with Crippen molar-refractivity contribution in [1.29, 1.82) is 0 Å². The van der Waals surface area contributed by atoms with Gasteiger partial charge >= 0.3 is 0 Å². The van der Waals surface area contributed by atoms with E-state index in [-0.39, 0.29) is 0 Å². The third-order valence-electron chi connectivity index (χ3n) is 11.1. The van der Waals surface area contributed by atoms with E-state index in [9.17, 15) is 0 Å². The van der Waals surface area contributed by atoms with Gasteiger partial charge in [0, 0.05) is 49.3 Å². The first-order chi connectivity index (χ1) is 26.3. The first-order valence-electron chi connectivity index (χ1n) is 18.1. The summed E-state index contributed by atoms with van der Waals surface area (Å²) < 4.78 is 7.23. The maximum atomic E-state index is 5.38. The largest absolute Gasteiger partial charge is 0.309 e. The fourth-order valence-corrected chi connectivity index (χ4v) is 8.96. The van der Waals surface area contributed by atoms with E-state index in [1.807, 2.05) is 0 Å². The number of para-hydroxylation sites is 4. The van der Waals surface area contributed by atoms with E-state index in [1.54, 1.807) is 0 Å². The molecule has 0 aliphatic rings. The maximum absolute atomic E-state index is 5.38. The van der Waals surface area contributed by atoms with Crippen molar-refractivity contribution in [3.05, 3.63) is 182 Å². The standard InChI is InChI=1S/C49H30N4/c1-2-13-31(14-3-1)40-19-12-24-47(50-40)53-45-29-34(51-41-20-8-4-15-36(41)37-16-5-9-21-42(37)51)27-32-25-26-33-28-35(30-46(53)49(33)48(32)45)52-43-22-10-6-17-38(43)39-18-7-11-23-44(39)52/h1-30H. The monoisotopic (exact) mass is 674 g/mol. The van der Waals surface area contributed by atoms with E-state index >= 15 is 0 Å². The molecule has 53 heavy (non-hydrogen) atoms. The summed E-state index contributed by atoms with van der Waals surface area (Å²) in [5.74, 6) is 0.892. The fraction of sp³-hybridized carbons (Fsp3) is 0. The molecule has 0 radical (unpaired) electrons. The van der Waals surface area contributed by atoms with Crippen LogP contribution in [-0.2, 0) is 0 Å². The average Bonchev–Trinajstić information content (AvgIpc) is 3.86. The topological polar surface area (TPSA) is 27.7 Å². The van der Waals surface area contributed by atoms with Crippen LogP contribution in [0.1, 0.15) is 0 Å². The van der Waals surface area contributed by atoms with Crippen LogP contribution in [0, 0.1) is 0 Å². The smallest absolute Gasteiger partial charge is 0.138 e. The van der Waals surface area contributed by atoms with Gasteiger partial charge in [-0.15, -0.1) is 0 Å². The Morgan fingerprint density at radius 1 is 0.321 bits per heavy atom. The number of nitrogens with zero attached hydrogens (tertiary/aromatic N) is 4. The summed E-state index contributed by atoms with van der Waals surface area (Å²) in [7, 11) is 0. The predicted octanol–water partition coefficient (Wildman–Crippen LogP) is 12.6. The van der Waals surface area contributed by atoms with Crippen molar-refractivity contribution < 1.29 is 0 Å². The molecular weight excluding hydrogens is 645 g/mol. The summed E-state index contributed by atoms with van der Waals surface area (Å²) in [5.41, 5.74) is 11.4. The number of hydrogen-bond acceptors (Lipinski definition) is 1. The van der Waals surface area contributed by atoms with E-state index in [0.717, 1.165) is 39.5 Å². The predicted molar refractivity (Wildman–Crippen MR) is 221 cm³/mol. The Morgan fingerprint density at radius 3 is 1.23 bits per heavy atom. The summed E-state index contributed by atoms with van der Waals surface area (Å²) in [4.78, 5) is 5.38. The van der Waals surface area contributed by atoms with Crippen molar-refractivity contribution in [2.24, 2.45) is 0 Å². The Kier molecular flexibility index (Phi) is 5.74. The second kappa shape index (κ2) is 10.7. The molecule has 0 atom stereocenters. The van der Waals surface area contributed by atoms with Crippen LogP contribution < -0.4 is 0 Å². The van der Waals surface area contributed by atoms with Gasteiger partial charge in [0.15, 0.2) is 0 Å². The highest BCUT2D eigenvalue weighted by atomic mass is 15.1. The number of aromatic nitrogens is 4. The molecule has 0 spiro atoms. The SMILES string of the molecule is c1ccc(-c2cccc(-n3c4cc(-n5c6ccccc6c6ccccc65)cc5ccc6cc(-n7c8ccccc8c8ccccc87)cc3c6c54)n2)cc1. The molecule has 12 rings (SSSR count). The highest BCUT2D eigenvalue weighted by molar-refractivity contribution is 6.25. The van der Waals surface area contributed by atoms with Crippen LogP contribution in [0.4, 0.5) is 0 Å². The van der Waals surface area contributed by atoms with Gasteiger partial charge in [0.25, 0.3) is 0 Å². The molecule has 0 amide bonds. The van der Waals surface area contributed by atoms with Crippen molar-refractivity contribution in [3.8, 4) is 28.5 Å². The molecule has 8 aromatic carbocycles. The first-order valence-corrected chi connectivity index (χ1v) is 18.1. The number of hydrogen-bond donors (Lipinski definition) is 0. The average molecular weight is 675 g/mol. The van der Waals surface area contributed by atoms with Gasteiger partial charge in [0.1, 0.15) is 5.82 Å². The van der Waals surface area contributed by atoms with Gasteiger partial charge in [0.05, 0.1) is 38.8 Å². The van der Waals surface area contributed by atoms with Gasteiger partial charge in [-0.2, -0.15) is 0 Å².